The van der Waals surface area contributed by atoms with E-state index in [1.54, 1.807) is 6.07 Å². The molecule has 2 saturated heterocycles. The third-order valence-electron chi connectivity index (χ3n) is 8.66. The van der Waals surface area contributed by atoms with Gasteiger partial charge in [-0.2, -0.15) is 0 Å². The highest BCUT2D eigenvalue weighted by Gasteiger charge is 2.43. The van der Waals surface area contributed by atoms with Gasteiger partial charge in [-0.1, -0.05) is 43.3 Å². The number of aliphatic hydroxyl groups is 1. The predicted octanol–water partition coefficient (Wildman–Crippen LogP) is 5.01. The van der Waals surface area contributed by atoms with Crippen LogP contribution in [0, 0.1) is 17.7 Å². The van der Waals surface area contributed by atoms with Gasteiger partial charge in [0.25, 0.3) is 0 Å². The summed E-state index contributed by atoms with van der Waals surface area (Å²) in [6.07, 6.45) is 5.11. The Labute approximate surface area is 237 Å². The van der Waals surface area contributed by atoms with Crippen LogP contribution in [0.15, 0.2) is 42.5 Å². The highest BCUT2D eigenvalue weighted by molar-refractivity contribution is 5.76. The standard InChI is InChI=1S/C32H44FN3O4/c1-3-23-8-4-9-25(20-23)30-27(11-5-12-28(30)33)32(39,15-7-16-35-31(38)40-2)26-10-6-19-36(22-26)29(37)21-24-13-17-34-18-14-24/h4-5,8-9,11-12,20,24,26,34,39H,3,6-7,10,13-19,21-22H2,1-2H3,(H,35,38)/t26-,32+/m1/s1. The number of rotatable bonds is 10. The minimum Gasteiger partial charge on any atom is -0.453 e. The molecule has 0 aliphatic carbocycles. The molecule has 2 fully saturated rings. The molecule has 2 aromatic carbocycles. The van der Waals surface area contributed by atoms with Gasteiger partial charge in [-0.15, -0.1) is 0 Å². The van der Waals surface area contributed by atoms with E-state index in [0.717, 1.165) is 56.3 Å². The van der Waals surface area contributed by atoms with E-state index < -0.39 is 11.7 Å². The number of piperidine rings is 2. The summed E-state index contributed by atoms with van der Waals surface area (Å²) in [5, 5.41) is 18.6. The Hall–Kier alpha value is -2.97. The Morgan fingerprint density at radius 3 is 2.70 bits per heavy atom. The highest BCUT2D eigenvalue weighted by atomic mass is 19.1. The van der Waals surface area contributed by atoms with Gasteiger partial charge in [-0.3, -0.25) is 4.79 Å². The first-order valence-corrected chi connectivity index (χ1v) is 14.8. The molecule has 8 heteroatoms. The number of hydrogen-bond donors (Lipinski definition) is 3. The number of likely N-dealkylation sites (tertiary alicyclic amines) is 1. The van der Waals surface area contributed by atoms with Gasteiger partial charge in [0, 0.05) is 37.5 Å². The molecule has 0 radical (unpaired) electrons. The van der Waals surface area contributed by atoms with E-state index in [2.05, 4.69) is 17.6 Å². The summed E-state index contributed by atoms with van der Waals surface area (Å²) in [4.78, 5) is 26.9. The first kappa shape index (κ1) is 30.0. The van der Waals surface area contributed by atoms with Gasteiger partial charge >= 0.3 is 6.09 Å². The molecule has 218 valence electrons. The van der Waals surface area contributed by atoms with Gasteiger partial charge in [0.05, 0.1) is 12.7 Å². The molecule has 2 aliphatic rings. The van der Waals surface area contributed by atoms with Crippen molar-refractivity contribution in [1.82, 2.24) is 15.5 Å². The summed E-state index contributed by atoms with van der Waals surface area (Å²) in [5.41, 5.74) is 1.36. The van der Waals surface area contributed by atoms with Crippen molar-refractivity contribution in [3.05, 3.63) is 59.4 Å². The van der Waals surface area contributed by atoms with Crippen molar-refractivity contribution < 1.29 is 23.8 Å². The van der Waals surface area contributed by atoms with Crippen LogP contribution in [0.3, 0.4) is 0 Å². The number of amides is 2. The summed E-state index contributed by atoms with van der Waals surface area (Å²) < 4.78 is 20.3. The Morgan fingerprint density at radius 2 is 1.95 bits per heavy atom. The van der Waals surface area contributed by atoms with Gasteiger partial charge in [-0.05, 0) is 86.7 Å². The molecule has 2 amide bonds. The highest BCUT2D eigenvalue weighted by Crippen LogP contribution is 2.44. The molecule has 2 aliphatic heterocycles. The van der Waals surface area contributed by atoms with Crippen LogP contribution in [0.1, 0.15) is 63.0 Å². The zero-order valence-electron chi connectivity index (χ0n) is 23.9. The minimum absolute atomic E-state index is 0.140. The van der Waals surface area contributed by atoms with Crippen molar-refractivity contribution >= 4 is 12.0 Å². The van der Waals surface area contributed by atoms with E-state index in [-0.39, 0.29) is 17.6 Å². The Kier molecular flexibility index (Phi) is 10.6. The zero-order valence-corrected chi connectivity index (χ0v) is 23.9. The van der Waals surface area contributed by atoms with E-state index in [0.29, 0.717) is 55.9 Å². The molecule has 3 N–H and O–H groups in total. The number of ether oxygens (including phenoxy) is 1. The third kappa shape index (κ3) is 7.21. The van der Waals surface area contributed by atoms with E-state index in [4.69, 9.17) is 4.74 Å². The fraction of sp³-hybridized carbons (Fsp3) is 0.562. The van der Waals surface area contributed by atoms with Crippen LogP contribution < -0.4 is 10.6 Å². The number of nitrogens with one attached hydrogen (secondary N) is 2. The molecule has 0 bridgehead atoms. The van der Waals surface area contributed by atoms with Crippen LogP contribution in [-0.2, 0) is 21.6 Å². The zero-order chi connectivity index (χ0) is 28.5. The lowest BCUT2D eigenvalue weighted by molar-refractivity contribution is -0.138. The van der Waals surface area contributed by atoms with Gasteiger partial charge in [-0.25, -0.2) is 9.18 Å². The average Bonchev–Trinajstić information content (AvgIpc) is 2.99. The number of nitrogens with zero attached hydrogens (tertiary/aromatic N) is 1. The maximum atomic E-state index is 15.6. The number of carbonyl (C=O) groups excluding carboxylic acids is 2. The first-order valence-electron chi connectivity index (χ1n) is 14.8. The summed E-state index contributed by atoms with van der Waals surface area (Å²) in [6, 6.07) is 12.7. The van der Waals surface area contributed by atoms with E-state index in [1.807, 2.05) is 35.2 Å². The number of alkyl carbamates (subject to hydrolysis) is 1. The van der Waals surface area contributed by atoms with Crippen LogP contribution in [0.4, 0.5) is 9.18 Å². The molecule has 0 unspecified atom stereocenters. The SMILES string of the molecule is CCc1cccc(-c2c(F)cccc2[C@](O)(CCCNC(=O)OC)[C@@H]2CCCN(C(=O)CC3CCNCC3)C2)c1. The lowest BCUT2D eigenvalue weighted by Gasteiger charge is -2.44. The predicted molar refractivity (Wildman–Crippen MR) is 154 cm³/mol. The number of methoxy groups -OCH3 is 1. The lowest BCUT2D eigenvalue weighted by Crippen LogP contribution is -2.49. The molecule has 0 aromatic heterocycles. The molecule has 2 aromatic rings. The summed E-state index contributed by atoms with van der Waals surface area (Å²) in [5.74, 6) is -0.128. The maximum Gasteiger partial charge on any atom is 0.406 e. The van der Waals surface area contributed by atoms with Crippen LogP contribution in [0.5, 0.6) is 0 Å². The minimum atomic E-state index is -1.40. The Balaban J connectivity index is 1.65. The van der Waals surface area contributed by atoms with Crippen LogP contribution in [0.25, 0.3) is 11.1 Å². The second-order valence-corrected chi connectivity index (χ2v) is 11.2. The summed E-state index contributed by atoms with van der Waals surface area (Å²) in [6.45, 7) is 5.37. The molecular formula is C32H44FN3O4. The number of aryl methyl sites for hydroxylation is 1. The van der Waals surface area contributed by atoms with Crippen LogP contribution >= 0.6 is 0 Å². The molecule has 40 heavy (non-hydrogen) atoms. The summed E-state index contributed by atoms with van der Waals surface area (Å²) >= 11 is 0. The van der Waals surface area contributed by atoms with Gasteiger partial charge in [0.15, 0.2) is 0 Å². The van der Waals surface area contributed by atoms with Crippen molar-refractivity contribution in [3.8, 4) is 11.1 Å². The van der Waals surface area contributed by atoms with Crippen molar-refractivity contribution in [1.29, 1.82) is 0 Å². The molecule has 2 atom stereocenters. The number of carbonyl (C=O) groups is 2. The first-order chi connectivity index (χ1) is 19.4. The molecule has 4 rings (SSSR count). The van der Waals surface area contributed by atoms with Crippen molar-refractivity contribution in [2.24, 2.45) is 11.8 Å². The second-order valence-electron chi connectivity index (χ2n) is 11.2. The molecule has 0 spiro atoms. The molecular weight excluding hydrogens is 509 g/mol. The monoisotopic (exact) mass is 553 g/mol. The maximum absolute atomic E-state index is 15.6. The van der Waals surface area contributed by atoms with E-state index >= 15 is 4.39 Å². The number of halogens is 1. The second kappa shape index (κ2) is 14.1. The van der Waals surface area contributed by atoms with Crippen LogP contribution in [0.2, 0.25) is 0 Å². The fourth-order valence-electron chi connectivity index (χ4n) is 6.36. The van der Waals surface area contributed by atoms with Crippen molar-refractivity contribution in [2.45, 2.75) is 63.9 Å². The summed E-state index contributed by atoms with van der Waals surface area (Å²) in [7, 11) is 1.31. The van der Waals surface area contributed by atoms with Crippen molar-refractivity contribution in [3.63, 3.8) is 0 Å². The largest absolute Gasteiger partial charge is 0.453 e. The van der Waals surface area contributed by atoms with E-state index in [1.165, 1.54) is 13.2 Å². The third-order valence-corrected chi connectivity index (χ3v) is 8.66. The van der Waals surface area contributed by atoms with Gasteiger partial charge in [0.1, 0.15) is 5.82 Å². The van der Waals surface area contributed by atoms with Gasteiger partial charge < -0.3 is 25.4 Å². The molecule has 2 heterocycles. The topological polar surface area (TPSA) is 90.9 Å². The normalized spacial score (nSPS) is 19.6. The number of benzene rings is 2. The Morgan fingerprint density at radius 1 is 1.18 bits per heavy atom. The van der Waals surface area contributed by atoms with Gasteiger partial charge in [0.2, 0.25) is 5.91 Å². The average molecular weight is 554 g/mol. The molecule has 7 nitrogen and oxygen atoms in total. The lowest BCUT2D eigenvalue weighted by atomic mass is 9.72. The number of hydrogen-bond acceptors (Lipinski definition) is 5. The molecule has 0 saturated carbocycles. The Bertz CT molecular complexity index is 1150. The van der Waals surface area contributed by atoms with Crippen molar-refractivity contribution in [2.75, 3.05) is 39.8 Å². The van der Waals surface area contributed by atoms with E-state index in [9.17, 15) is 14.7 Å². The smallest absolute Gasteiger partial charge is 0.406 e. The fourth-order valence-corrected chi connectivity index (χ4v) is 6.36. The van der Waals surface area contributed by atoms with Crippen LogP contribution in [-0.4, -0.2) is 61.8 Å². The quantitative estimate of drug-likeness (QED) is 0.360.